The van der Waals surface area contributed by atoms with Crippen LogP contribution in [-0.4, -0.2) is 46.4 Å². The quantitative estimate of drug-likeness (QED) is 0.835. The van der Waals surface area contributed by atoms with Gasteiger partial charge in [0.05, 0.1) is 5.75 Å². The molecule has 1 aromatic rings. The third-order valence-corrected chi connectivity index (χ3v) is 6.70. The molecule has 0 unspecified atom stereocenters. The first-order valence-electron chi connectivity index (χ1n) is 8.24. The number of rotatable bonds is 5. The predicted molar refractivity (Wildman–Crippen MR) is 91.4 cm³/mol. The number of carbonyl (C=O) groups is 1. The highest BCUT2D eigenvalue weighted by atomic mass is 32.2. The SMILES string of the molecule is CCNc1nnc(SCC(=O)N2CC[C@@H]3CCCC[C@H]3C2)s1. The van der Waals surface area contributed by atoms with E-state index in [0.717, 1.165) is 40.9 Å². The normalized spacial score (nSPS) is 24.9. The van der Waals surface area contributed by atoms with Crippen LogP contribution < -0.4 is 5.32 Å². The molecule has 122 valence electrons. The van der Waals surface area contributed by atoms with E-state index >= 15 is 0 Å². The second-order valence-electron chi connectivity index (χ2n) is 6.13. The number of carbonyl (C=O) groups excluding carboxylic acids is 1. The Balaban J connectivity index is 1.47. The minimum absolute atomic E-state index is 0.259. The van der Waals surface area contributed by atoms with E-state index in [1.165, 1.54) is 55.2 Å². The number of hydrogen-bond acceptors (Lipinski definition) is 6. The van der Waals surface area contributed by atoms with Crippen molar-refractivity contribution in [2.75, 3.05) is 30.7 Å². The Kier molecular flexibility index (Phi) is 5.57. The largest absolute Gasteiger partial charge is 0.360 e. The van der Waals surface area contributed by atoms with Gasteiger partial charge in [-0.15, -0.1) is 10.2 Å². The Labute approximate surface area is 140 Å². The van der Waals surface area contributed by atoms with Crippen LogP contribution in [0.4, 0.5) is 5.13 Å². The molecule has 1 saturated carbocycles. The Morgan fingerprint density at radius 1 is 1.32 bits per heavy atom. The molecule has 1 N–H and O–H groups in total. The maximum Gasteiger partial charge on any atom is 0.233 e. The number of fused-ring (bicyclic) bond motifs is 1. The molecular formula is C15H24N4OS2. The number of thioether (sulfide) groups is 1. The lowest BCUT2D eigenvalue weighted by Gasteiger charge is -2.41. The summed E-state index contributed by atoms with van der Waals surface area (Å²) in [6.45, 7) is 4.79. The molecule has 5 nitrogen and oxygen atoms in total. The smallest absolute Gasteiger partial charge is 0.233 e. The average molecular weight is 341 g/mol. The van der Waals surface area contributed by atoms with Crippen LogP contribution in [0, 0.1) is 11.8 Å². The van der Waals surface area contributed by atoms with E-state index in [2.05, 4.69) is 20.4 Å². The van der Waals surface area contributed by atoms with Crippen LogP contribution in [0.25, 0.3) is 0 Å². The molecule has 22 heavy (non-hydrogen) atoms. The Hall–Kier alpha value is -0.820. The molecule has 0 aromatic carbocycles. The van der Waals surface area contributed by atoms with Crippen molar-refractivity contribution in [1.82, 2.24) is 15.1 Å². The number of amides is 1. The van der Waals surface area contributed by atoms with E-state index in [-0.39, 0.29) is 5.91 Å². The molecule has 1 aliphatic heterocycles. The van der Waals surface area contributed by atoms with Crippen molar-refractivity contribution in [2.24, 2.45) is 11.8 Å². The molecule has 2 fully saturated rings. The van der Waals surface area contributed by atoms with E-state index in [0.29, 0.717) is 5.75 Å². The molecule has 1 saturated heterocycles. The van der Waals surface area contributed by atoms with Gasteiger partial charge in [-0.05, 0) is 31.6 Å². The summed E-state index contributed by atoms with van der Waals surface area (Å²) < 4.78 is 0.872. The van der Waals surface area contributed by atoms with Crippen molar-refractivity contribution in [3.8, 4) is 0 Å². The molecule has 7 heteroatoms. The maximum absolute atomic E-state index is 12.4. The van der Waals surface area contributed by atoms with Crippen LogP contribution in [-0.2, 0) is 4.79 Å². The fourth-order valence-electron chi connectivity index (χ4n) is 3.53. The summed E-state index contributed by atoms with van der Waals surface area (Å²) in [5, 5.41) is 12.2. The number of piperidine rings is 1. The third kappa shape index (κ3) is 3.93. The Bertz CT molecular complexity index is 507. The van der Waals surface area contributed by atoms with Crippen LogP contribution in [0.3, 0.4) is 0 Å². The highest BCUT2D eigenvalue weighted by Gasteiger charge is 2.32. The molecule has 1 aliphatic carbocycles. The van der Waals surface area contributed by atoms with Crippen LogP contribution >= 0.6 is 23.1 Å². The summed E-state index contributed by atoms with van der Waals surface area (Å²) in [7, 11) is 0. The molecule has 2 heterocycles. The van der Waals surface area contributed by atoms with Crippen molar-refractivity contribution < 1.29 is 4.79 Å². The van der Waals surface area contributed by atoms with Gasteiger partial charge in [0.2, 0.25) is 11.0 Å². The van der Waals surface area contributed by atoms with Crippen molar-refractivity contribution in [2.45, 2.75) is 43.4 Å². The second-order valence-corrected chi connectivity index (χ2v) is 8.33. The third-order valence-electron chi connectivity index (χ3n) is 4.70. The molecule has 0 bridgehead atoms. The zero-order valence-corrected chi connectivity index (χ0v) is 14.7. The van der Waals surface area contributed by atoms with Crippen molar-refractivity contribution >= 4 is 34.1 Å². The van der Waals surface area contributed by atoms with Crippen molar-refractivity contribution in [3.05, 3.63) is 0 Å². The summed E-state index contributed by atoms with van der Waals surface area (Å²) >= 11 is 3.04. The minimum atomic E-state index is 0.259. The number of anilines is 1. The fraction of sp³-hybridized carbons (Fsp3) is 0.800. The number of nitrogens with zero attached hydrogens (tertiary/aromatic N) is 3. The van der Waals surface area contributed by atoms with Crippen LogP contribution in [0.1, 0.15) is 39.0 Å². The molecule has 0 spiro atoms. The molecular weight excluding hydrogens is 316 g/mol. The lowest BCUT2D eigenvalue weighted by Crippen LogP contribution is -2.45. The summed E-state index contributed by atoms with van der Waals surface area (Å²) in [6.07, 6.45) is 6.61. The molecule has 1 amide bonds. The van der Waals surface area contributed by atoms with Gasteiger partial charge < -0.3 is 10.2 Å². The first kappa shape index (κ1) is 16.1. The number of hydrogen-bond donors (Lipinski definition) is 1. The predicted octanol–water partition coefficient (Wildman–Crippen LogP) is 3.10. The summed E-state index contributed by atoms with van der Waals surface area (Å²) in [5.74, 6) is 2.36. The van der Waals surface area contributed by atoms with Crippen LogP contribution in [0.15, 0.2) is 4.34 Å². The van der Waals surface area contributed by atoms with Gasteiger partial charge in [-0.2, -0.15) is 0 Å². The van der Waals surface area contributed by atoms with Gasteiger partial charge in [-0.25, -0.2) is 0 Å². The maximum atomic E-state index is 12.4. The molecule has 1 aromatic heterocycles. The van der Waals surface area contributed by atoms with Gasteiger partial charge in [0, 0.05) is 19.6 Å². The van der Waals surface area contributed by atoms with Crippen LogP contribution in [0.2, 0.25) is 0 Å². The first-order chi connectivity index (χ1) is 10.8. The standard InChI is InChI=1S/C15H24N4OS2/c1-2-16-14-17-18-15(22-14)21-10-13(20)19-8-7-11-5-3-4-6-12(11)9-19/h11-12H,2-10H2,1H3,(H,16,17)/t11-,12-/m0/s1. The molecule has 2 atom stereocenters. The van der Waals surface area contributed by atoms with Gasteiger partial charge in [-0.1, -0.05) is 42.4 Å². The number of nitrogens with one attached hydrogen (secondary N) is 1. The fourth-order valence-corrected chi connectivity index (χ4v) is 5.26. The van der Waals surface area contributed by atoms with E-state index in [9.17, 15) is 4.79 Å². The summed E-state index contributed by atoms with van der Waals surface area (Å²) in [5.41, 5.74) is 0. The summed E-state index contributed by atoms with van der Waals surface area (Å²) in [4.78, 5) is 14.5. The Morgan fingerprint density at radius 2 is 2.14 bits per heavy atom. The zero-order valence-electron chi connectivity index (χ0n) is 13.1. The number of likely N-dealkylation sites (tertiary alicyclic amines) is 1. The molecule has 3 rings (SSSR count). The van der Waals surface area contributed by atoms with Gasteiger partial charge in [0.1, 0.15) is 0 Å². The minimum Gasteiger partial charge on any atom is -0.360 e. The van der Waals surface area contributed by atoms with Crippen molar-refractivity contribution in [1.29, 1.82) is 0 Å². The second kappa shape index (κ2) is 7.64. The van der Waals surface area contributed by atoms with Gasteiger partial charge in [-0.3, -0.25) is 4.79 Å². The zero-order chi connectivity index (χ0) is 15.4. The average Bonchev–Trinajstić information content (AvgIpc) is 3.00. The molecule has 0 radical (unpaired) electrons. The topological polar surface area (TPSA) is 58.1 Å². The van der Waals surface area contributed by atoms with Crippen LogP contribution in [0.5, 0.6) is 0 Å². The molecule has 2 aliphatic rings. The van der Waals surface area contributed by atoms with Crippen molar-refractivity contribution in [3.63, 3.8) is 0 Å². The van der Waals surface area contributed by atoms with Gasteiger partial charge >= 0.3 is 0 Å². The lowest BCUT2D eigenvalue weighted by molar-refractivity contribution is -0.131. The first-order valence-corrected chi connectivity index (χ1v) is 10.0. The lowest BCUT2D eigenvalue weighted by atomic mass is 9.75. The Morgan fingerprint density at radius 3 is 2.95 bits per heavy atom. The number of aromatic nitrogens is 2. The van der Waals surface area contributed by atoms with Gasteiger partial charge in [0.15, 0.2) is 4.34 Å². The van der Waals surface area contributed by atoms with E-state index in [4.69, 9.17) is 0 Å². The highest BCUT2D eigenvalue weighted by Crippen LogP contribution is 2.36. The van der Waals surface area contributed by atoms with Gasteiger partial charge in [0.25, 0.3) is 0 Å². The van der Waals surface area contributed by atoms with E-state index < -0.39 is 0 Å². The van der Waals surface area contributed by atoms with E-state index in [1.807, 2.05) is 6.92 Å². The summed E-state index contributed by atoms with van der Waals surface area (Å²) in [6, 6.07) is 0. The van der Waals surface area contributed by atoms with E-state index in [1.54, 1.807) is 0 Å². The highest BCUT2D eigenvalue weighted by molar-refractivity contribution is 8.01. The monoisotopic (exact) mass is 340 g/mol.